The fourth-order valence-corrected chi connectivity index (χ4v) is 4.29. The fraction of sp³-hybridized carbons (Fsp3) is 0.269. The van der Waals surface area contributed by atoms with E-state index in [0.29, 0.717) is 24.6 Å². The molecule has 0 aliphatic carbocycles. The maximum Gasteiger partial charge on any atom is 0.251 e. The Morgan fingerprint density at radius 1 is 0.938 bits per heavy atom. The number of hydrogen-bond donors (Lipinski definition) is 2. The number of nitrogens with zero attached hydrogens (tertiary/aromatic N) is 1. The number of hydrogen-bond acceptors (Lipinski definition) is 3. The molecule has 1 fully saturated rings. The molecule has 166 valence electrons. The van der Waals surface area contributed by atoms with E-state index in [-0.39, 0.29) is 23.6 Å². The Hall–Kier alpha value is -3.09. The lowest BCUT2D eigenvalue weighted by Gasteiger charge is -2.20. The summed E-state index contributed by atoms with van der Waals surface area (Å²) in [5, 5.41) is 3.05. The summed E-state index contributed by atoms with van der Waals surface area (Å²) in [6.07, 6.45) is 0.962. The molecule has 3 aromatic rings. The zero-order valence-electron chi connectivity index (χ0n) is 18.0. The largest absolute Gasteiger partial charge is 0.350 e. The van der Waals surface area contributed by atoms with Crippen molar-refractivity contribution in [1.82, 2.24) is 10.2 Å². The summed E-state index contributed by atoms with van der Waals surface area (Å²) >= 11 is 0. The molecule has 3 aromatic carbocycles. The third kappa shape index (κ3) is 5.03. The quantitative estimate of drug-likeness (QED) is 0.607. The smallest absolute Gasteiger partial charge is 0.251 e. The number of likely N-dealkylation sites (N-methyl/N-ethyl adjacent to an activating group) is 1. The van der Waals surface area contributed by atoms with E-state index in [1.165, 1.54) is 24.3 Å². The maximum atomic E-state index is 13.4. The molecule has 1 aliphatic rings. The van der Waals surface area contributed by atoms with Gasteiger partial charge < -0.3 is 16.0 Å². The Morgan fingerprint density at radius 3 is 1.94 bits per heavy atom. The highest BCUT2D eigenvalue weighted by Crippen LogP contribution is 2.29. The number of halogens is 2. The van der Waals surface area contributed by atoms with Crippen LogP contribution in [0.5, 0.6) is 0 Å². The molecule has 1 heterocycles. The van der Waals surface area contributed by atoms with Crippen LogP contribution in [0.15, 0.2) is 66.7 Å². The molecule has 0 bridgehead atoms. The van der Waals surface area contributed by atoms with Crippen molar-refractivity contribution in [2.75, 3.05) is 26.7 Å². The SMILES string of the molecule is CN1C[C@H](CN)C[C@H]1CNC(=O)c1cc(-c2ccc(F)cc2)cc(-c2ccc(F)cc2)c1. The van der Waals surface area contributed by atoms with Crippen LogP contribution >= 0.6 is 0 Å². The Morgan fingerprint density at radius 2 is 1.47 bits per heavy atom. The van der Waals surface area contributed by atoms with E-state index >= 15 is 0 Å². The van der Waals surface area contributed by atoms with Crippen LogP contribution in [0, 0.1) is 17.6 Å². The lowest BCUT2D eigenvalue weighted by Crippen LogP contribution is -2.38. The number of carbonyl (C=O) groups excluding carboxylic acids is 1. The van der Waals surface area contributed by atoms with E-state index in [0.717, 1.165) is 35.2 Å². The van der Waals surface area contributed by atoms with Gasteiger partial charge in [0.15, 0.2) is 0 Å². The second kappa shape index (κ2) is 9.59. The van der Waals surface area contributed by atoms with Gasteiger partial charge in [0.25, 0.3) is 5.91 Å². The van der Waals surface area contributed by atoms with Crippen molar-refractivity contribution in [3.63, 3.8) is 0 Å². The van der Waals surface area contributed by atoms with Crippen LogP contribution in [0.4, 0.5) is 8.78 Å². The first kappa shape index (κ1) is 22.1. The van der Waals surface area contributed by atoms with Crippen molar-refractivity contribution in [3.05, 3.63) is 83.9 Å². The van der Waals surface area contributed by atoms with E-state index in [1.54, 1.807) is 36.4 Å². The standard InChI is InChI=1S/C26H27F2N3O/c1-31-16-17(14-29)10-25(31)15-30-26(32)22-12-20(18-2-6-23(27)7-3-18)11-21(13-22)19-4-8-24(28)9-5-19/h2-9,11-13,17,25H,10,14-16,29H2,1H3,(H,30,32)/t17-,25-/m0/s1. The zero-order chi connectivity index (χ0) is 22.7. The minimum Gasteiger partial charge on any atom is -0.350 e. The van der Waals surface area contributed by atoms with E-state index < -0.39 is 0 Å². The van der Waals surface area contributed by atoms with Crippen molar-refractivity contribution in [1.29, 1.82) is 0 Å². The summed E-state index contributed by atoms with van der Waals surface area (Å²) in [5.74, 6) is -0.369. The predicted molar refractivity (Wildman–Crippen MR) is 123 cm³/mol. The Labute approximate surface area is 187 Å². The Kier molecular flexibility index (Phi) is 6.63. The van der Waals surface area contributed by atoms with Crippen LogP contribution < -0.4 is 11.1 Å². The van der Waals surface area contributed by atoms with Gasteiger partial charge in [0.2, 0.25) is 0 Å². The number of benzene rings is 3. The number of likely N-dealkylation sites (tertiary alicyclic amines) is 1. The second-order valence-electron chi connectivity index (χ2n) is 8.45. The molecule has 0 saturated carbocycles. The maximum absolute atomic E-state index is 13.4. The van der Waals surface area contributed by atoms with Gasteiger partial charge in [0, 0.05) is 24.7 Å². The number of nitrogens with two attached hydrogens (primary N) is 1. The first-order chi connectivity index (χ1) is 15.4. The summed E-state index contributed by atoms with van der Waals surface area (Å²) in [6, 6.07) is 18.1. The van der Waals surface area contributed by atoms with Crippen LogP contribution in [0.3, 0.4) is 0 Å². The van der Waals surface area contributed by atoms with Crippen molar-refractivity contribution >= 4 is 5.91 Å². The van der Waals surface area contributed by atoms with Crippen molar-refractivity contribution in [3.8, 4) is 22.3 Å². The first-order valence-electron chi connectivity index (χ1n) is 10.8. The van der Waals surface area contributed by atoms with Crippen molar-refractivity contribution in [2.45, 2.75) is 12.5 Å². The minimum atomic E-state index is -0.321. The number of nitrogens with one attached hydrogen (secondary N) is 1. The monoisotopic (exact) mass is 435 g/mol. The van der Waals surface area contributed by atoms with E-state index in [4.69, 9.17) is 5.73 Å². The average Bonchev–Trinajstić information content (AvgIpc) is 3.17. The van der Waals surface area contributed by atoms with Crippen molar-refractivity contribution in [2.24, 2.45) is 11.7 Å². The molecule has 0 spiro atoms. The van der Waals surface area contributed by atoms with Gasteiger partial charge in [-0.1, -0.05) is 24.3 Å². The summed E-state index contributed by atoms with van der Waals surface area (Å²) in [7, 11) is 2.05. The van der Waals surface area contributed by atoms with E-state index in [1.807, 2.05) is 13.1 Å². The fourth-order valence-electron chi connectivity index (χ4n) is 4.29. The number of amides is 1. The van der Waals surface area contributed by atoms with Crippen LogP contribution in [0.1, 0.15) is 16.8 Å². The van der Waals surface area contributed by atoms with E-state index in [9.17, 15) is 13.6 Å². The van der Waals surface area contributed by atoms with Crippen LogP contribution in [-0.4, -0.2) is 43.5 Å². The van der Waals surface area contributed by atoms with Gasteiger partial charge >= 0.3 is 0 Å². The highest BCUT2D eigenvalue weighted by Gasteiger charge is 2.28. The average molecular weight is 436 g/mol. The normalized spacial score (nSPS) is 18.6. The van der Waals surface area contributed by atoms with Crippen molar-refractivity contribution < 1.29 is 13.6 Å². The summed E-state index contributed by atoms with van der Waals surface area (Å²) in [5.41, 5.74) is 9.48. The molecule has 32 heavy (non-hydrogen) atoms. The third-order valence-electron chi connectivity index (χ3n) is 6.16. The topological polar surface area (TPSA) is 58.4 Å². The Bertz CT molecular complexity index is 1020. The minimum absolute atomic E-state index is 0.179. The molecule has 0 unspecified atom stereocenters. The molecule has 1 saturated heterocycles. The first-order valence-corrected chi connectivity index (χ1v) is 10.8. The highest BCUT2D eigenvalue weighted by atomic mass is 19.1. The molecule has 3 N–H and O–H groups in total. The molecule has 4 nitrogen and oxygen atoms in total. The Balaban J connectivity index is 1.62. The molecule has 0 radical (unpaired) electrons. The van der Waals surface area contributed by atoms with Crippen LogP contribution in [0.25, 0.3) is 22.3 Å². The van der Waals surface area contributed by atoms with Gasteiger partial charge in [-0.25, -0.2) is 8.78 Å². The lowest BCUT2D eigenvalue weighted by atomic mass is 9.95. The second-order valence-corrected chi connectivity index (χ2v) is 8.45. The van der Waals surface area contributed by atoms with Gasteiger partial charge in [0.1, 0.15) is 11.6 Å². The van der Waals surface area contributed by atoms with E-state index in [2.05, 4.69) is 10.2 Å². The lowest BCUT2D eigenvalue weighted by molar-refractivity contribution is 0.0943. The molecule has 6 heteroatoms. The number of carbonyl (C=O) groups is 1. The summed E-state index contributed by atoms with van der Waals surface area (Å²) in [6.45, 7) is 2.12. The van der Waals surface area contributed by atoms with Gasteiger partial charge in [-0.3, -0.25) is 4.79 Å². The summed E-state index contributed by atoms with van der Waals surface area (Å²) < 4.78 is 26.8. The molecular formula is C26H27F2N3O. The molecular weight excluding hydrogens is 408 g/mol. The van der Waals surface area contributed by atoms with Gasteiger partial charge in [-0.2, -0.15) is 0 Å². The van der Waals surface area contributed by atoms with Crippen LogP contribution in [0.2, 0.25) is 0 Å². The zero-order valence-corrected chi connectivity index (χ0v) is 18.0. The predicted octanol–water partition coefficient (Wildman–Crippen LogP) is 4.31. The van der Waals surface area contributed by atoms with Crippen LogP contribution in [-0.2, 0) is 0 Å². The molecule has 1 amide bonds. The molecule has 4 rings (SSSR count). The molecule has 2 atom stereocenters. The van der Waals surface area contributed by atoms with Gasteiger partial charge in [-0.05, 0) is 90.6 Å². The third-order valence-corrected chi connectivity index (χ3v) is 6.16. The molecule has 1 aliphatic heterocycles. The van der Waals surface area contributed by atoms with Gasteiger partial charge in [0.05, 0.1) is 0 Å². The van der Waals surface area contributed by atoms with Gasteiger partial charge in [-0.15, -0.1) is 0 Å². The molecule has 0 aromatic heterocycles. The number of rotatable bonds is 6. The highest BCUT2D eigenvalue weighted by molar-refractivity contribution is 5.97. The summed E-state index contributed by atoms with van der Waals surface area (Å²) in [4.78, 5) is 15.3.